The first-order valence-corrected chi connectivity index (χ1v) is 5.37. The highest BCUT2D eigenvalue weighted by Gasteiger charge is 2.39. The van der Waals surface area contributed by atoms with Crippen molar-refractivity contribution in [2.75, 3.05) is 19.6 Å². The quantitative estimate of drug-likeness (QED) is 0.707. The zero-order valence-electron chi connectivity index (χ0n) is 9.53. The fraction of sp³-hybridized carbons (Fsp3) is 0.636. The second kappa shape index (κ2) is 5.01. The van der Waals surface area contributed by atoms with Crippen molar-refractivity contribution in [3.63, 3.8) is 0 Å². The summed E-state index contributed by atoms with van der Waals surface area (Å²) in [4.78, 5) is 24.3. The number of urea groups is 1. The van der Waals surface area contributed by atoms with E-state index in [1.54, 1.807) is 17.9 Å². The predicted octanol–water partition coefficient (Wildman–Crippen LogP) is 1.07. The molecule has 2 amide bonds. The van der Waals surface area contributed by atoms with E-state index in [9.17, 15) is 9.59 Å². The number of piperidine rings is 1. The highest BCUT2D eigenvalue weighted by atomic mass is 16.4. The number of carboxylic acids is 1. The second-order valence-electron chi connectivity index (χ2n) is 4.37. The van der Waals surface area contributed by atoms with Gasteiger partial charge < -0.3 is 15.3 Å². The largest absolute Gasteiger partial charge is 0.481 e. The molecule has 16 heavy (non-hydrogen) atoms. The number of hydrogen-bond acceptors (Lipinski definition) is 2. The maximum absolute atomic E-state index is 11.6. The number of carbonyl (C=O) groups excluding carboxylic acids is 1. The molecule has 0 bridgehead atoms. The van der Waals surface area contributed by atoms with Gasteiger partial charge in [0, 0.05) is 19.6 Å². The lowest BCUT2D eigenvalue weighted by atomic mass is 9.82. The summed E-state index contributed by atoms with van der Waals surface area (Å²) in [5, 5.41) is 11.8. The monoisotopic (exact) mass is 226 g/mol. The van der Waals surface area contributed by atoms with E-state index in [1.165, 1.54) is 0 Å². The fourth-order valence-corrected chi connectivity index (χ4v) is 1.86. The van der Waals surface area contributed by atoms with Crippen molar-refractivity contribution in [2.45, 2.75) is 19.8 Å². The van der Waals surface area contributed by atoms with Gasteiger partial charge in [0.15, 0.2) is 0 Å². The van der Waals surface area contributed by atoms with Gasteiger partial charge in [-0.3, -0.25) is 4.79 Å². The van der Waals surface area contributed by atoms with E-state index in [1.807, 2.05) is 0 Å². The van der Waals surface area contributed by atoms with E-state index in [-0.39, 0.29) is 12.6 Å². The number of nitrogens with zero attached hydrogens (tertiary/aromatic N) is 1. The fourth-order valence-electron chi connectivity index (χ4n) is 1.86. The molecule has 0 radical (unpaired) electrons. The molecule has 1 aliphatic heterocycles. The molecule has 0 aromatic rings. The number of hydrogen-bond donors (Lipinski definition) is 2. The van der Waals surface area contributed by atoms with Crippen LogP contribution in [-0.4, -0.2) is 41.6 Å². The Kier molecular flexibility index (Phi) is 3.93. The van der Waals surface area contributed by atoms with E-state index in [2.05, 4.69) is 11.9 Å². The molecule has 0 aliphatic carbocycles. The van der Waals surface area contributed by atoms with Crippen molar-refractivity contribution in [1.82, 2.24) is 10.2 Å². The summed E-state index contributed by atoms with van der Waals surface area (Å²) in [6.45, 7) is 6.48. The summed E-state index contributed by atoms with van der Waals surface area (Å²) < 4.78 is 0. The number of nitrogens with one attached hydrogen (secondary N) is 1. The van der Waals surface area contributed by atoms with Crippen LogP contribution in [0.2, 0.25) is 0 Å². The lowest BCUT2D eigenvalue weighted by Gasteiger charge is -2.37. The van der Waals surface area contributed by atoms with Gasteiger partial charge in [-0.25, -0.2) is 4.79 Å². The van der Waals surface area contributed by atoms with Gasteiger partial charge in [0.05, 0.1) is 5.41 Å². The van der Waals surface area contributed by atoms with Crippen LogP contribution in [0.25, 0.3) is 0 Å². The van der Waals surface area contributed by atoms with Gasteiger partial charge in [-0.1, -0.05) is 6.08 Å². The molecule has 1 heterocycles. The van der Waals surface area contributed by atoms with Gasteiger partial charge in [0.2, 0.25) is 0 Å². The summed E-state index contributed by atoms with van der Waals surface area (Å²) in [7, 11) is 0. The first kappa shape index (κ1) is 12.5. The van der Waals surface area contributed by atoms with Crippen molar-refractivity contribution < 1.29 is 14.7 Å². The maximum Gasteiger partial charge on any atom is 0.317 e. The van der Waals surface area contributed by atoms with E-state index in [0.29, 0.717) is 19.5 Å². The van der Waals surface area contributed by atoms with Crippen molar-refractivity contribution in [2.24, 2.45) is 5.41 Å². The number of rotatable bonds is 3. The van der Waals surface area contributed by atoms with Crippen LogP contribution in [0.5, 0.6) is 0 Å². The summed E-state index contributed by atoms with van der Waals surface area (Å²) >= 11 is 0. The molecule has 1 unspecified atom stereocenters. The summed E-state index contributed by atoms with van der Waals surface area (Å²) in [6, 6.07) is -0.216. The van der Waals surface area contributed by atoms with Gasteiger partial charge in [0.1, 0.15) is 0 Å². The lowest BCUT2D eigenvalue weighted by molar-refractivity contribution is -0.150. The molecule has 1 rings (SSSR count). The van der Waals surface area contributed by atoms with Crippen LogP contribution >= 0.6 is 0 Å². The predicted molar refractivity (Wildman–Crippen MR) is 60.1 cm³/mol. The SMILES string of the molecule is C=CCNC(=O)N1CCCC(C)(C(=O)O)C1. The smallest absolute Gasteiger partial charge is 0.317 e. The number of likely N-dealkylation sites (tertiary alicyclic amines) is 1. The van der Waals surface area contributed by atoms with E-state index in [0.717, 1.165) is 6.42 Å². The zero-order valence-corrected chi connectivity index (χ0v) is 9.53. The topological polar surface area (TPSA) is 69.6 Å². The molecule has 2 N–H and O–H groups in total. The number of carbonyl (C=O) groups is 2. The van der Waals surface area contributed by atoms with Crippen molar-refractivity contribution >= 4 is 12.0 Å². The van der Waals surface area contributed by atoms with Crippen LogP contribution in [0.1, 0.15) is 19.8 Å². The summed E-state index contributed by atoms with van der Waals surface area (Å²) in [6.07, 6.45) is 2.94. The van der Waals surface area contributed by atoms with Crippen LogP contribution in [0, 0.1) is 5.41 Å². The van der Waals surface area contributed by atoms with E-state index < -0.39 is 11.4 Å². The minimum atomic E-state index is -0.839. The molecule has 1 saturated heterocycles. The number of amides is 2. The molecule has 0 spiro atoms. The first-order chi connectivity index (χ1) is 7.49. The standard InChI is InChI=1S/C11H18N2O3/c1-3-6-12-10(16)13-7-4-5-11(2,8-13)9(14)15/h3H,1,4-8H2,2H3,(H,12,16)(H,14,15). The zero-order chi connectivity index (χ0) is 12.2. The molecule has 0 saturated carbocycles. The molecular weight excluding hydrogens is 208 g/mol. The summed E-state index contributed by atoms with van der Waals surface area (Å²) in [5.74, 6) is -0.839. The van der Waals surface area contributed by atoms with E-state index in [4.69, 9.17) is 5.11 Å². The maximum atomic E-state index is 11.6. The van der Waals surface area contributed by atoms with Crippen LogP contribution < -0.4 is 5.32 Å². The molecule has 0 aromatic heterocycles. The Morgan fingerprint density at radius 1 is 1.62 bits per heavy atom. The Morgan fingerprint density at radius 3 is 2.88 bits per heavy atom. The third kappa shape index (κ3) is 2.74. The van der Waals surface area contributed by atoms with Gasteiger partial charge >= 0.3 is 12.0 Å². The highest BCUT2D eigenvalue weighted by molar-refractivity contribution is 5.78. The minimum absolute atomic E-state index is 0.216. The van der Waals surface area contributed by atoms with Crippen LogP contribution in [0.4, 0.5) is 4.79 Å². The molecule has 1 aliphatic rings. The average molecular weight is 226 g/mol. The number of carboxylic acid groups (broad SMARTS) is 1. The Morgan fingerprint density at radius 2 is 2.31 bits per heavy atom. The molecular formula is C11H18N2O3. The molecule has 5 nitrogen and oxygen atoms in total. The Hall–Kier alpha value is -1.52. The van der Waals surface area contributed by atoms with Crippen LogP contribution in [0.3, 0.4) is 0 Å². The normalized spacial score (nSPS) is 24.9. The van der Waals surface area contributed by atoms with Gasteiger partial charge in [0.25, 0.3) is 0 Å². The van der Waals surface area contributed by atoms with Crippen molar-refractivity contribution in [3.8, 4) is 0 Å². The Labute approximate surface area is 95.1 Å². The molecule has 0 aromatic carbocycles. The molecule has 1 atom stereocenters. The van der Waals surface area contributed by atoms with Gasteiger partial charge in [-0.2, -0.15) is 0 Å². The second-order valence-corrected chi connectivity index (χ2v) is 4.37. The number of aliphatic carboxylic acids is 1. The Bertz CT molecular complexity index is 304. The first-order valence-electron chi connectivity index (χ1n) is 5.37. The molecule has 90 valence electrons. The molecule has 1 fully saturated rings. The van der Waals surface area contributed by atoms with Gasteiger partial charge in [-0.05, 0) is 19.8 Å². The van der Waals surface area contributed by atoms with Crippen molar-refractivity contribution in [3.05, 3.63) is 12.7 Å². The van der Waals surface area contributed by atoms with Crippen LogP contribution in [0.15, 0.2) is 12.7 Å². The van der Waals surface area contributed by atoms with Crippen molar-refractivity contribution in [1.29, 1.82) is 0 Å². The third-order valence-corrected chi connectivity index (χ3v) is 2.90. The van der Waals surface area contributed by atoms with Gasteiger partial charge in [-0.15, -0.1) is 6.58 Å². The Balaban J connectivity index is 2.59. The lowest BCUT2D eigenvalue weighted by Crippen LogP contribution is -2.51. The average Bonchev–Trinajstić information content (AvgIpc) is 2.25. The van der Waals surface area contributed by atoms with Crippen LogP contribution in [-0.2, 0) is 4.79 Å². The minimum Gasteiger partial charge on any atom is -0.481 e. The highest BCUT2D eigenvalue weighted by Crippen LogP contribution is 2.29. The third-order valence-electron chi connectivity index (χ3n) is 2.90. The summed E-state index contributed by atoms with van der Waals surface area (Å²) in [5.41, 5.74) is -0.816. The van der Waals surface area contributed by atoms with E-state index >= 15 is 0 Å². The molecule has 5 heteroatoms.